The van der Waals surface area contributed by atoms with Crippen LogP contribution in [0, 0.1) is 0 Å². The quantitative estimate of drug-likeness (QED) is 0.939. The van der Waals surface area contributed by atoms with Crippen molar-refractivity contribution in [1.29, 1.82) is 0 Å². The summed E-state index contributed by atoms with van der Waals surface area (Å²) in [6, 6.07) is 7.49. The second-order valence-corrected chi connectivity index (χ2v) is 6.22. The van der Waals surface area contributed by atoms with Crippen molar-refractivity contribution in [2.45, 2.75) is 19.4 Å². The number of furan rings is 1. The number of hydrogen-bond acceptors (Lipinski definition) is 3. The maximum atomic E-state index is 11.8. The number of amides is 1. The molecule has 90 valence electrons. The number of hydrogen-bond donors (Lipinski definition) is 1. The van der Waals surface area contributed by atoms with Crippen molar-refractivity contribution < 1.29 is 9.21 Å². The van der Waals surface area contributed by atoms with E-state index in [-0.39, 0.29) is 11.9 Å². The first kappa shape index (κ1) is 12.4. The van der Waals surface area contributed by atoms with Crippen LogP contribution in [-0.4, -0.2) is 11.9 Å². The van der Waals surface area contributed by atoms with Gasteiger partial charge in [0, 0.05) is 12.5 Å². The normalized spacial score (nSPS) is 12.4. The molecule has 2 aromatic heterocycles. The van der Waals surface area contributed by atoms with E-state index < -0.39 is 0 Å². The molecule has 0 bridgehead atoms. The lowest BCUT2D eigenvalue weighted by Gasteiger charge is -2.11. The average Bonchev–Trinajstić information content (AvgIpc) is 2.89. The van der Waals surface area contributed by atoms with E-state index in [0.29, 0.717) is 11.3 Å². The summed E-state index contributed by atoms with van der Waals surface area (Å²) >= 11 is 4.77. The highest BCUT2D eigenvalue weighted by Gasteiger charge is 2.12. The molecule has 1 amide bonds. The highest BCUT2D eigenvalue weighted by molar-refractivity contribution is 9.11. The van der Waals surface area contributed by atoms with Crippen LogP contribution < -0.4 is 5.32 Å². The number of thiophene rings is 1. The van der Waals surface area contributed by atoms with Gasteiger partial charge >= 0.3 is 0 Å². The Labute approximate surface area is 112 Å². The zero-order valence-corrected chi connectivity index (χ0v) is 11.7. The molecule has 1 atom stereocenters. The average molecular weight is 314 g/mol. The molecule has 0 aromatic carbocycles. The van der Waals surface area contributed by atoms with Crippen molar-refractivity contribution in [3.8, 4) is 0 Å². The molecule has 0 fully saturated rings. The summed E-state index contributed by atoms with van der Waals surface area (Å²) in [5.74, 6) is 0.838. The minimum absolute atomic E-state index is 0.0419. The van der Waals surface area contributed by atoms with Gasteiger partial charge < -0.3 is 9.73 Å². The van der Waals surface area contributed by atoms with Crippen LogP contribution in [0.1, 0.15) is 22.4 Å². The van der Waals surface area contributed by atoms with Crippen LogP contribution in [-0.2, 0) is 6.42 Å². The van der Waals surface area contributed by atoms with E-state index in [1.54, 1.807) is 6.26 Å². The molecular weight excluding hydrogens is 302 g/mol. The van der Waals surface area contributed by atoms with Crippen LogP contribution in [0.5, 0.6) is 0 Å². The van der Waals surface area contributed by atoms with Crippen molar-refractivity contribution in [1.82, 2.24) is 5.32 Å². The maximum absolute atomic E-state index is 11.8. The molecule has 0 radical (unpaired) electrons. The van der Waals surface area contributed by atoms with Crippen LogP contribution in [0.3, 0.4) is 0 Å². The third-order valence-corrected chi connectivity index (χ3v) is 3.88. The molecule has 0 saturated heterocycles. The van der Waals surface area contributed by atoms with Gasteiger partial charge in [-0.05, 0) is 47.1 Å². The Morgan fingerprint density at radius 2 is 2.35 bits per heavy atom. The van der Waals surface area contributed by atoms with Gasteiger partial charge in [0.05, 0.1) is 14.9 Å². The standard InChI is InChI=1S/C12H12BrNO2S/c1-8(7-9-3-2-6-16-9)14-12(15)10-4-5-11(13)17-10/h2-6,8H,7H2,1H3,(H,14,15)/t8-/m1/s1. The molecule has 2 heterocycles. The summed E-state index contributed by atoms with van der Waals surface area (Å²) in [6.07, 6.45) is 2.34. The number of carbonyl (C=O) groups excluding carboxylic acids is 1. The second kappa shape index (κ2) is 5.51. The molecule has 0 spiro atoms. The SMILES string of the molecule is C[C@H](Cc1ccco1)NC(=O)c1ccc(Br)s1. The first-order chi connectivity index (χ1) is 8.15. The largest absolute Gasteiger partial charge is 0.469 e. The molecule has 2 aromatic rings. The Hall–Kier alpha value is -1.07. The van der Waals surface area contributed by atoms with E-state index in [1.165, 1.54) is 11.3 Å². The lowest BCUT2D eigenvalue weighted by Crippen LogP contribution is -2.33. The highest BCUT2D eigenvalue weighted by Crippen LogP contribution is 2.22. The summed E-state index contributed by atoms with van der Waals surface area (Å²) in [4.78, 5) is 12.6. The molecular formula is C12H12BrNO2S. The van der Waals surface area contributed by atoms with E-state index in [2.05, 4.69) is 21.2 Å². The molecule has 0 saturated carbocycles. The van der Waals surface area contributed by atoms with Crippen LogP contribution in [0.4, 0.5) is 0 Å². The van der Waals surface area contributed by atoms with Gasteiger partial charge in [-0.25, -0.2) is 0 Å². The van der Waals surface area contributed by atoms with Crippen molar-refractivity contribution in [3.63, 3.8) is 0 Å². The summed E-state index contributed by atoms with van der Waals surface area (Å²) in [5.41, 5.74) is 0. The van der Waals surface area contributed by atoms with Gasteiger partial charge in [-0.15, -0.1) is 11.3 Å². The van der Waals surface area contributed by atoms with Gasteiger partial charge in [0.15, 0.2) is 0 Å². The zero-order chi connectivity index (χ0) is 12.3. The second-order valence-electron chi connectivity index (χ2n) is 3.76. The van der Waals surface area contributed by atoms with Crippen LogP contribution in [0.25, 0.3) is 0 Å². The molecule has 0 aliphatic carbocycles. The molecule has 0 aliphatic rings. The molecule has 3 nitrogen and oxygen atoms in total. The molecule has 0 unspecified atom stereocenters. The third kappa shape index (κ3) is 3.44. The first-order valence-electron chi connectivity index (χ1n) is 5.24. The maximum Gasteiger partial charge on any atom is 0.261 e. The van der Waals surface area contributed by atoms with Gasteiger partial charge in [-0.3, -0.25) is 4.79 Å². The summed E-state index contributed by atoms with van der Waals surface area (Å²) in [7, 11) is 0. The fourth-order valence-electron chi connectivity index (χ4n) is 1.51. The minimum Gasteiger partial charge on any atom is -0.469 e. The van der Waals surface area contributed by atoms with Crippen LogP contribution in [0.15, 0.2) is 38.7 Å². The monoisotopic (exact) mass is 313 g/mol. The minimum atomic E-state index is -0.0419. The topological polar surface area (TPSA) is 42.2 Å². The van der Waals surface area contributed by atoms with E-state index in [0.717, 1.165) is 9.55 Å². The van der Waals surface area contributed by atoms with Crippen molar-refractivity contribution in [3.05, 3.63) is 45.0 Å². The molecule has 17 heavy (non-hydrogen) atoms. The van der Waals surface area contributed by atoms with Crippen molar-refractivity contribution in [2.24, 2.45) is 0 Å². The molecule has 2 rings (SSSR count). The smallest absolute Gasteiger partial charge is 0.261 e. The number of nitrogens with one attached hydrogen (secondary N) is 1. The molecule has 0 aliphatic heterocycles. The van der Waals surface area contributed by atoms with Gasteiger partial charge in [-0.2, -0.15) is 0 Å². The lowest BCUT2D eigenvalue weighted by molar-refractivity contribution is 0.0943. The zero-order valence-electron chi connectivity index (χ0n) is 9.27. The predicted molar refractivity (Wildman–Crippen MR) is 71.4 cm³/mol. The summed E-state index contributed by atoms with van der Waals surface area (Å²) in [6.45, 7) is 1.96. The van der Waals surface area contributed by atoms with E-state index in [9.17, 15) is 4.79 Å². The van der Waals surface area contributed by atoms with E-state index >= 15 is 0 Å². The van der Waals surface area contributed by atoms with E-state index in [4.69, 9.17) is 4.42 Å². The fourth-order valence-corrected chi connectivity index (χ4v) is 2.80. The fraction of sp³-hybridized carbons (Fsp3) is 0.250. The van der Waals surface area contributed by atoms with E-state index in [1.807, 2.05) is 31.2 Å². The van der Waals surface area contributed by atoms with Gasteiger partial charge in [0.25, 0.3) is 5.91 Å². The Balaban J connectivity index is 1.90. The van der Waals surface area contributed by atoms with Crippen molar-refractivity contribution in [2.75, 3.05) is 0 Å². The Morgan fingerprint density at radius 1 is 1.53 bits per heavy atom. The van der Waals surface area contributed by atoms with Gasteiger partial charge in [0.1, 0.15) is 5.76 Å². The summed E-state index contributed by atoms with van der Waals surface area (Å²) < 4.78 is 6.20. The van der Waals surface area contributed by atoms with Crippen LogP contribution >= 0.6 is 27.3 Å². The lowest BCUT2D eigenvalue weighted by atomic mass is 10.2. The third-order valence-electron chi connectivity index (χ3n) is 2.26. The Bertz CT molecular complexity index is 492. The van der Waals surface area contributed by atoms with Gasteiger partial charge in [0.2, 0.25) is 0 Å². The number of halogens is 1. The van der Waals surface area contributed by atoms with Crippen LogP contribution in [0.2, 0.25) is 0 Å². The molecule has 1 N–H and O–H groups in total. The predicted octanol–water partition coefficient (Wildman–Crippen LogP) is 3.46. The number of carbonyl (C=O) groups is 1. The Kier molecular flexibility index (Phi) is 4.02. The molecule has 5 heteroatoms. The number of rotatable bonds is 4. The first-order valence-corrected chi connectivity index (χ1v) is 6.84. The van der Waals surface area contributed by atoms with Crippen molar-refractivity contribution >= 4 is 33.2 Å². The highest BCUT2D eigenvalue weighted by atomic mass is 79.9. The Morgan fingerprint density at radius 3 is 2.94 bits per heavy atom. The summed E-state index contributed by atoms with van der Waals surface area (Å²) in [5, 5.41) is 2.94. The van der Waals surface area contributed by atoms with Gasteiger partial charge in [-0.1, -0.05) is 0 Å².